The number of rotatable bonds is 6. The van der Waals surface area contributed by atoms with E-state index in [9.17, 15) is 4.39 Å². The number of pyridine rings is 1. The zero-order valence-electron chi connectivity index (χ0n) is 14.7. The Hall–Kier alpha value is -3.61. The molecule has 2 aromatic carbocycles. The molecule has 0 saturated carbocycles. The molecule has 138 valence electrons. The molecule has 0 aliphatic heterocycles. The van der Waals surface area contributed by atoms with Crippen LogP contribution >= 0.6 is 0 Å². The topological polar surface area (TPSA) is 81.8 Å². The molecule has 1 aromatic heterocycles. The van der Waals surface area contributed by atoms with Crippen LogP contribution < -0.4 is 20.5 Å². The summed E-state index contributed by atoms with van der Waals surface area (Å²) in [5, 5.41) is 3.00. The summed E-state index contributed by atoms with van der Waals surface area (Å²) in [7, 11) is 1.61. The van der Waals surface area contributed by atoms with E-state index in [2.05, 4.69) is 15.3 Å². The number of hydrogen-bond acceptors (Lipinski definition) is 4. The van der Waals surface area contributed by atoms with Crippen LogP contribution in [0.5, 0.6) is 17.4 Å². The molecule has 0 aliphatic rings. The minimum Gasteiger partial charge on any atom is -0.497 e. The van der Waals surface area contributed by atoms with Gasteiger partial charge >= 0.3 is 0 Å². The van der Waals surface area contributed by atoms with E-state index in [0.29, 0.717) is 24.1 Å². The number of methoxy groups -OCH3 is 1. The Bertz CT molecular complexity index is 912. The molecule has 1 heterocycles. The SMILES string of the molecule is COc1ccc(NC(N)=NCc2ccc(Oc3cccc(F)c3)nc2)cc1. The first kappa shape index (κ1) is 18.2. The summed E-state index contributed by atoms with van der Waals surface area (Å²) in [4.78, 5) is 8.47. The second-order valence-corrected chi connectivity index (χ2v) is 5.62. The van der Waals surface area contributed by atoms with Crippen molar-refractivity contribution in [1.29, 1.82) is 0 Å². The van der Waals surface area contributed by atoms with E-state index in [1.807, 2.05) is 30.3 Å². The van der Waals surface area contributed by atoms with Crippen LogP contribution in [0.15, 0.2) is 71.9 Å². The number of guanidine groups is 1. The van der Waals surface area contributed by atoms with Crippen molar-refractivity contribution >= 4 is 11.6 Å². The van der Waals surface area contributed by atoms with Gasteiger partial charge in [0.15, 0.2) is 5.96 Å². The predicted octanol–water partition coefficient (Wildman–Crippen LogP) is 3.95. The molecule has 0 saturated heterocycles. The van der Waals surface area contributed by atoms with Crippen molar-refractivity contribution < 1.29 is 13.9 Å². The van der Waals surface area contributed by atoms with Crippen LogP contribution in [-0.2, 0) is 6.54 Å². The molecule has 0 radical (unpaired) electrons. The lowest BCUT2D eigenvalue weighted by Crippen LogP contribution is -2.22. The normalized spacial score (nSPS) is 11.1. The van der Waals surface area contributed by atoms with Gasteiger partial charge in [-0.1, -0.05) is 12.1 Å². The lowest BCUT2D eigenvalue weighted by atomic mass is 10.3. The third kappa shape index (κ3) is 5.43. The predicted molar refractivity (Wildman–Crippen MR) is 103 cm³/mol. The second-order valence-electron chi connectivity index (χ2n) is 5.62. The van der Waals surface area contributed by atoms with Crippen molar-refractivity contribution in [2.24, 2.45) is 10.7 Å². The monoisotopic (exact) mass is 366 g/mol. The molecule has 27 heavy (non-hydrogen) atoms. The Morgan fingerprint density at radius 3 is 2.59 bits per heavy atom. The molecule has 3 rings (SSSR count). The molecule has 0 aliphatic carbocycles. The standard InChI is InChI=1S/C20H19FN4O2/c1-26-17-8-6-16(7-9-17)25-20(22)24-13-14-5-10-19(23-12-14)27-18-4-2-3-15(21)11-18/h2-12H,13H2,1H3,(H3,22,24,25). The number of halogens is 1. The largest absolute Gasteiger partial charge is 0.497 e. The number of anilines is 1. The van der Waals surface area contributed by atoms with Crippen molar-refractivity contribution in [3.63, 3.8) is 0 Å². The Labute approximate surface area is 156 Å². The molecule has 0 amide bonds. The zero-order chi connectivity index (χ0) is 19.1. The highest BCUT2D eigenvalue weighted by molar-refractivity contribution is 5.92. The maximum atomic E-state index is 13.2. The number of aliphatic imine (C=N–C) groups is 1. The van der Waals surface area contributed by atoms with E-state index >= 15 is 0 Å². The fourth-order valence-electron chi connectivity index (χ4n) is 2.25. The van der Waals surface area contributed by atoms with Crippen LogP contribution in [0, 0.1) is 5.82 Å². The first-order chi connectivity index (χ1) is 13.1. The van der Waals surface area contributed by atoms with E-state index in [1.54, 1.807) is 31.5 Å². The van der Waals surface area contributed by atoms with Crippen molar-refractivity contribution in [1.82, 2.24) is 4.98 Å². The van der Waals surface area contributed by atoms with Gasteiger partial charge in [-0.25, -0.2) is 14.4 Å². The van der Waals surface area contributed by atoms with Gasteiger partial charge in [-0.3, -0.25) is 0 Å². The Morgan fingerprint density at radius 2 is 1.93 bits per heavy atom. The van der Waals surface area contributed by atoms with Crippen molar-refractivity contribution in [2.75, 3.05) is 12.4 Å². The molecular weight excluding hydrogens is 347 g/mol. The first-order valence-corrected chi connectivity index (χ1v) is 8.22. The fourth-order valence-corrected chi connectivity index (χ4v) is 2.25. The number of nitrogens with zero attached hydrogens (tertiary/aromatic N) is 2. The average molecular weight is 366 g/mol. The van der Waals surface area contributed by atoms with Gasteiger partial charge in [0.25, 0.3) is 0 Å². The summed E-state index contributed by atoms with van der Waals surface area (Å²) >= 11 is 0. The summed E-state index contributed by atoms with van der Waals surface area (Å²) in [6.07, 6.45) is 1.64. The van der Waals surface area contributed by atoms with E-state index in [1.165, 1.54) is 12.1 Å². The second kappa shape index (κ2) is 8.66. The summed E-state index contributed by atoms with van der Waals surface area (Å²) in [5.74, 6) is 1.46. The summed E-state index contributed by atoms with van der Waals surface area (Å²) in [5.41, 5.74) is 7.57. The Morgan fingerprint density at radius 1 is 1.11 bits per heavy atom. The van der Waals surface area contributed by atoms with Crippen LogP contribution in [-0.4, -0.2) is 18.1 Å². The highest BCUT2D eigenvalue weighted by Gasteiger charge is 2.01. The van der Waals surface area contributed by atoms with Gasteiger partial charge < -0.3 is 20.5 Å². The van der Waals surface area contributed by atoms with Crippen LogP contribution in [0.25, 0.3) is 0 Å². The zero-order valence-corrected chi connectivity index (χ0v) is 14.7. The quantitative estimate of drug-likeness (QED) is 0.510. The summed E-state index contributed by atoms with van der Waals surface area (Å²) in [6, 6.07) is 16.8. The van der Waals surface area contributed by atoms with Gasteiger partial charge in [0, 0.05) is 24.0 Å². The number of ether oxygens (including phenoxy) is 2. The fraction of sp³-hybridized carbons (Fsp3) is 0.100. The van der Waals surface area contributed by atoms with Gasteiger partial charge in [-0.15, -0.1) is 0 Å². The van der Waals surface area contributed by atoms with Crippen LogP contribution in [0.1, 0.15) is 5.56 Å². The van der Waals surface area contributed by atoms with Crippen LogP contribution in [0.3, 0.4) is 0 Å². The minimum atomic E-state index is -0.363. The van der Waals surface area contributed by atoms with E-state index in [-0.39, 0.29) is 5.82 Å². The summed E-state index contributed by atoms with van der Waals surface area (Å²) in [6.45, 7) is 0.363. The Balaban J connectivity index is 1.56. The van der Waals surface area contributed by atoms with Gasteiger partial charge in [0.05, 0.1) is 13.7 Å². The van der Waals surface area contributed by atoms with Gasteiger partial charge in [-0.05, 0) is 42.0 Å². The van der Waals surface area contributed by atoms with Gasteiger partial charge in [-0.2, -0.15) is 0 Å². The van der Waals surface area contributed by atoms with Crippen molar-refractivity contribution in [2.45, 2.75) is 6.54 Å². The molecule has 0 fully saturated rings. The molecule has 6 nitrogen and oxygen atoms in total. The van der Waals surface area contributed by atoms with E-state index in [4.69, 9.17) is 15.2 Å². The lowest BCUT2D eigenvalue weighted by Gasteiger charge is -2.07. The maximum absolute atomic E-state index is 13.2. The third-order valence-corrected chi connectivity index (χ3v) is 3.61. The van der Waals surface area contributed by atoms with Crippen LogP contribution in [0.4, 0.5) is 10.1 Å². The average Bonchev–Trinajstić information content (AvgIpc) is 2.68. The smallest absolute Gasteiger partial charge is 0.219 e. The molecule has 7 heteroatoms. The van der Waals surface area contributed by atoms with Gasteiger partial charge in [0.2, 0.25) is 5.88 Å². The molecule has 3 N–H and O–H groups in total. The number of aromatic nitrogens is 1. The molecule has 0 atom stereocenters. The first-order valence-electron chi connectivity index (χ1n) is 8.22. The third-order valence-electron chi connectivity index (χ3n) is 3.61. The van der Waals surface area contributed by atoms with Crippen molar-refractivity contribution in [3.8, 4) is 17.4 Å². The molecule has 0 spiro atoms. The highest BCUT2D eigenvalue weighted by Crippen LogP contribution is 2.20. The van der Waals surface area contributed by atoms with Crippen molar-refractivity contribution in [3.05, 3.63) is 78.2 Å². The maximum Gasteiger partial charge on any atom is 0.219 e. The van der Waals surface area contributed by atoms with Crippen LogP contribution in [0.2, 0.25) is 0 Å². The number of nitrogens with two attached hydrogens (primary N) is 1. The molecule has 0 bridgehead atoms. The van der Waals surface area contributed by atoms with Gasteiger partial charge in [0.1, 0.15) is 17.3 Å². The number of nitrogens with one attached hydrogen (secondary N) is 1. The van der Waals surface area contributed by atoms with E-state index in [0.717, 1.165) is 17.0 Å². The Kier molecular flexibility index (Phi) is 5.84. The number of benzene rings is 2. The molecular formula is C20H19FN4O2. The lowest BCUT2D eigenvalue weighted by molar-refractivity contribution is 0.415. The minimum absolute atomic E-state index is 0.292. The molecule has 3 aromatic rings. The molecule has 0 unspecified atom stereocenters. The highest BCUT2D eigenvalue weighted by atomic mass is 19.1. The summed E-state index contributed by atoms with van der Waals surface area (Å²) < 4.78 is 23.8. The van der Waals surface area contributed by atoms with E-state index < -0.39 is 0 Å². The number of hydrogen-bond donors (Lipinski definition) is 2.